The van der Waals surface area contributed by atoms with E-state index in [2.05, 4.69) is 59.7 Å². The number of amides is 1. The summed E-state index contributed by atoms with van der Waals surface area (Å²) in [7, 11) is 1.67. The highest BCUT2D eigenvalue weighted by atomic mass is 16.5. The summed E-state index contributed by atoms with van der Waals surface area (Å²) in [5, 5.41) is 9.33. The Bertz CT molecular complexity index is 992. The molecular formula is C23H31N5O2. The molecule has 0 radical (unpaired) electrons. The number of aromatic nitrogens is 3. The molecule has 1 aliphatic rings. The first-order valence-corrected chi connectivity index (χ1v) is 10.7. The van der Waals surface area contributed by atoms with Crippen molar-refractivity contribution in [1.29, 1.82) is 0 Å². The predicted molar refractivity (Wildman–Crippen MR) is 117 cm³/mol. The molecule has 1 saturated heterocycles. The molecule has 2 N–H and O–H groups in total. The minimum absolute atomic E-state index is 0.0222. The highest BCUT2D eigenvalue weighted by Gasteiger charge is 2.40. The van der Waals surface area contributed by atoms with Crippen molar-refractivity contribution in [3.05, 3.63) is 54.0 Å². The van der Waals surface area contributed by atoms with Gasteiger partial charge in [-0.1, -0.05) is 18.2 Å². The molecule has 7 nitrogen and oxygen atoms in total. The smallest absolute Gasteiger partial charge is 0.223 e. The van der Waals surface area contributed by atoms with Gasteiger partial charge in [0.15, 0.2) is 0 Å². The van der Waals surface area contributed by atoms with Crippen molar-refractivity contribution in [2.75, 3.05) is 26.8 Å². The third-order valence-corrected chi connectivity index (χ3v) is 5.96. The second-order valence-electron chi connectivity index (χ2n) is 8.33. The molecule has 2 atom stereocenters. The lowest BCUT2D eigenvalue weighted by molar-refractivity contribution is -0.129. The Hall–Kier alpha value is -2.64. The van der Waals surface area contributed by atoms with E-state index in [1.165, 1.54) is 16.5 Å². The molecule has 0 saturated carbocycles. The molecule has 3 aromatic rings. The van der Waals surface area contributed by atoms with Gasteiger partial charge in [0.2, 0.25) is 5.91 Å². The number of rotatable bonds is 9. The van der Waals surface area contributed by atoms with Crippen LogP contribution in [0.3, 0.4) is 0 Å². The van der Waals surface area contributed by atoms with Crippen LogP contribution in [0.1, 0.15) is 43.5 Å². The lowest BCUT2D eigenvalue weighted by Crippen LogP contribution is -2.33. The normalized spacial score (nSPS) is 19.5. The van der Waals surface area contributed by atoms with Crippen LogP contribution in [-0.4, -0.2) is 52.4 Å². The number of carbonyl (C=O) groups is 1. The van der Waals surface area contributed by atoms with E-state index in [0.717, 1.165) is 18.7 Å². The van der Waals surface area contributed by atoms with E-state index in [-0.39, 0.29) is 17.9 Å². The van der Waals surface area contributed by atoms with Gasteiger partial charge in [-0.05, 0) is 30.9 Å². The van der Waals surface area contributed by atoms with Gasteiger partial charge in [-0.25, -0.2) is 0 Å². The molecule has 1 amide bonds. The molecule has 0 unspecified atom stereocenters. The number of para-hydroxylation sites is 1. The van der Waals surface area contributed by atoms with Crippen LogP contribution in [0.5, 0.6) is 0 Å². The van der Waals surface area contributed by atoms with Crippen LogP contribution in [0.4, 0.5) is 0 Å². The summed E-state index contributed by atoms with van der Waals surface area (Å²) in [4.78, 5) is 18.1. The quantitative estimate of drug-likeness (QED) is 0.569. The fraction of sp³-hybridized carbons (Fsp3) is 0.478. The number of H-pyrrole nitrogens is 1. The summed E-state index contributed by atoms with van der Waals surface area (Å²) in [6.45, 7) is 6.89. The lowest BCUT2D eigenvalue weighted by Gasteiger charge is -2.27. The number of aromatic amines is 1. The van der Waals surface area contributed by atoms with E-state index in [1.807, 2.05) is 22.0 Å². The number of benzene rings is 1. The van der Waals surface area contributed by atoms with Crippen LogP contribution in [0.15, 0.2) is 42.9 Å². The maximum absolute atomic E-state index is 12.8. The number of hydrogen-bond donors (Lipinski definition) is 2. The van der Waals surface area contributed by atoms with Crippen molar-refractivity contribution in [2.45, 2.75) is 38.9 Å². The first kappa shape index (κ1) is 20.6. The second kappa shape index (κ2) is 9.02. The molecule has 30 heavy (non-hydrogen) atoms. The first-order chi connectivity index (χ1) is 14.6. The van der Waals surface area contributed by atoms with Crippen molar-refractivity contribution < 1.29 is 9.53 Å². The highest BCUT2D eigenvalue weighted by molar-refractivity contribution is 5.82. The summed E-state index contributed by atoms with van der Waals surface area (Å²) in [6, 6.07) is 8.74. The van der Waals surface area contributed by atoms with Crippen LogP contribution in [0.2, 0.25) is 0 Å². The maximum Gasteiger partial charge on any atom is 0.223 e. The van der Waals surface area contributed by atoms with Gasteiger partial charge in [-0.3, -0.25) is 9.48 Å². The van der Waals surface area contributed by atoms with Crippen LogP contribution >= 0.6 is 0 Å². The van der Waals surface area contributed by atoms with Crippen molar-refractivity contribution in [3.63, 3.8) is 0 Å². The van der Waals surface area contributed by atoms with E-state index >= 15 is 0 Å². The number of fused-ring (bicyclic) bond motifs is 1. The summed E-state index contributed by atoms with van der Waals surface area (Å²) in [5.41, 5.74) is 3.51. The number of nitrogens with one attached hydrogen (secondary N) is 2. The van der Waals surface area contributed by atoms with Crippen molar-refractivity contribution >= 4 is 16.8 Å². The van der Waals surface area contributed by atoms with Gasteiger partial charge in [0.05, 0.1) is 18.8 Å². The van der Waals surface area contributed by atoms with Crippen molar-refractivity contribution in [3.8, 4) is 0 Å². The van der Waals surface area contributed by atoms with Gasteiger partial charge in [-0.15, -0.1) is 0 Å². The Morgan fingerprint density at radius 2 is 2.20 bits per heavy atom. The molecular weight excluding hydrogens is 378 g/mol. The van der Waals surface area contributed by atoms with Gasteiger partial charge < -0.3 is 19.9 Å². The van der Waals surface area contributed by atoms with Crippen LogP contribution < -0.4 is 5.32 Å². The molecule has 1 aliphatic heterocycles. The van der Waals surface area contributed by atoms with Gasteiger partial charge in [0.1, 0.15) is 0 Å². The fourth-order valence-corrected chi connectivity index (χ4v) is 4.43. The monoisotopic (exact) mass is 409 g/mol. The molecule has 3 heterocycles. The minimum atomic E-state index is 0.0222. The second-order valence-corrected chi connectivity index (χ2v) is 8.33. The summed E-state index contributed by atoms with van der Waals surface area (Å²) >= 11 is 0. The highest BCUT2D eigenvalue weighted by Crippen LogP contribution is 2.37. The van der Waals surface area contributed by atoms with E-state index in [1.54, 1.807) is 7.11 Å². The Labute approximate surface area is 177 Å². The zero-order valence-corrected chi connectivity index (χ0v) is 18.0. The molecule has 160 valence electrons. The van der Waals surface area contributed by atoms with Gasteiger partial charge in [0, 0.05) is 68.6 Å². The Morgan fingerprint density at radius 3 is 2.97 bits per heavy atom. The maximum atomic E-state index is 12.8. The number of likely N-dealkylation sites (tertiary alicyclic amines) is 1. The lowest BCUT2D eigenvalue weighted by atomic mass is 9.95. The van der Waals surface area contributed by atoms with E-state index < -0.39 is 0 Å². The van der Waals surface area contributed by atoms with Gasteiger partial charge >= 0.3 is 0 Å². The van der Waals surface area contributed by atoms with Crippen LogP contribution in [-0.2, 0) is 16.1 Å². The summed E-state index contributed by atoms with van der Waals surface area (Å²) in [5.74, 6) is 0.384. The van der Waals surface area contributed by atoms with Crippen LogP contribution in [0, 0.1) is 5.92 Å². The van der Waals surface area contributed by atoms with Gasteiger partial charge in [0.25, 0.3) is 0 Å². The number of nitrogens with zero attached hydrogens (tertiary/aromatic N) is 3. The van der Waals surface area contributed by atoms with Gasteiger partial charge in [-0.2, -0.15) is 5.10 Å². The van der Waals surface area contributed by atoms with E-state index in [4.69, 9.17) is 4.74 Å². The molecule has 1 fully saturated rings. The third-order valence-electron chi connectivity index (χ3n) is 5.96. The molecule has 0 bridgehead atoms. The molecule has 4 rings (SSSR count). The number of ether oxygens (including phenoxy) is 1. The topological polar surface area (TPSA) is 75.2 Å². The number of methoxy groups -OCH3 is 1. The largest absolute Gasteiger partial charge is 0.383 e. The fourth-order valence-electron chi connectivity index (χ4n) is 4.43. The average Bonchev–Trinajstić information content (AvgIpc) is 3.45. The van der Waals surface area contributed by atoms with Crippen molar-refractivity contribution in [2.24, 2.45) is 5.92 Å². The van der Waals surface area contributed by atoms with E-state index in [0.29, 0.717) is 25.6 Å². The Kier molecular flexibility index (Phi) is 6.20. The molecule has 7 heteroatoms. The molecule has 0 spiro atoms. The SMILES string of the molecule is COCCN1C(=O)C[C@@H](CNCc2cccc3cc[nH]c23)[C@@H]1c1cnn(C(C)C)c1. The summed E-state index contributed by atoms with van der Waals surface area (Å²) < 4.78 is 7.21. The first-order valence-electron chi connectivity index (χ1n) is 10.7. The molecule has 1 aromatic carbocycles. The molecule has 2 aromatic heterocycles. The number of hydrogen-bond acceptors (Lipinski definition) is 4. The molecule has 0 aliphatic carbocycles. The standard InChI is InChI=1S/C23H31N5O2/c1-16(2)28-15-20(14-26-28)23-19(11-21(29)27(23)9-10-30-3)13-24-12-18-6-4-5-17-7-8-25-22(17)18/h4-8,14-16,19,23-25H,9-13H2,1-3H3/t19-,23+/m0/s1. The van der Waals surface area contributed by atoms with E-state index in [9.17, 15) is 4.79 Å². The van der Waals surface area contributed by atoms with Crippen molar-refractivity contribution in [1.82, 2.24) is 25.0 Å². The Morgan fingerprint density at radius 1 is 1.33 bits per heavy atom. The third kappa shape index (κ3) is 4.13. The predicted octanol–water partition coefficient (Wildman–Crippen LogP) is 3.27. The summed E-state index contributed by atoms with van der Waals surface area (Å²) in [6.07, 6.45) is 6.51. The minimum Gasteiger partial charge on any atom is -0.383 e. The number of carbonyl (C=O) groups excluding carboxylic acids is 1. The zero-order chi connectivity index (χ0) is 21.1. The van der Waals surface area contributed by atoms with Crippen LogP contribution in [0.25, 0.3) is 10.9 Å². The average molecular weight is 410 g/mol. The Balaban J connectivity index is 1.49. The zero-order valence-electron chi connectivity index (χ0n) is 18.0.